The van der Waals surface area contributed by atoms with Crippen molar-refractivity contribution in [1.82, 2.24) is 9.80 Å². The number of amides is 1. The lowest BCUT2D eigenvalue weighted by molar-refractivity contribution is 0.0103. The normalized spacial score (nSPS) is 27.2. The maximum atomic E-state index is 12.6. The molecule has 116 valence electrons. The Morgan fingerprint density at radius 3 is 2.76 bits per heavy atom. The molecule has 0 radical (unpaired) electrons. The lowest BCUT2D eigenvalue weighted by Gasteiger charge is -2.34. The Morgan fingerprint density at radius 2 is 2.14 bits per heavy atom. The largest absolute Gasteiger partial charge is 0.379 e. The maximum absolute atomic E-state index is 12.6. The van der Waals surface area contributed by atoms with Gasteiger partial charge in [-0.15, -0.1) is 11.3 Å². The summed E-state index contributed by atoms with van der Waals surface area (Å²) in [7, 11) is 0. The van der Waals surface area contributed by atoms with Crippen molar-refractivity contribution in [1.29, 1.82) is 0 Å². The molecule has 2 fully saturated rings. The predicted octanol–water partition coefficient (Wildman–Crippen LogP) is 2.58. The molecule has 2 atom stereocenters. The summed E-state index contributed by atoms with van der Waals surface area (Å²) in [6, 6.07) is 4.10. The zero-order chi connectivity index (χ0) is 14.8. The van der Waals surface area contributed by atoms with Crippen LogP contribution in [-0.2, 0) is 4.74 Å². The third kappa shape index (κ3) is 3.26. The summed E-state index contributed by atoms with van der Waals surface area (Å²) in [6.07, 6.45) is 1.11. The van der Waals surface area contributed by atoms with E-state index in [1.165, 1.54) is 11.3 Å². The van der Waals surface area contributed by atoms with Crippen molar-refractivity contribution in [2.24, 2.45) is 5.92 Å². The number of morpholine rings is 1. The van der Waals surface area contributed by atoms with E-state index in [2.05, 4.69) is 11.8 Å². The zero-order valence-electron chi connectivity index (χ0n) is 12.3. The molecule has 2 saturated heterocycles. The van der Waals surface area contributed by atoms with Crippen LogP contribution >= 0.6 is 22.9 Å². The van der Waals surface area contributed by atoms with Gasteiger partial charge in [0, 0.05) is 32.2 Å². The van der Waals surface area contributed by atoms with Gasteiger partial charge >= 0.3 is 0 Å². The Morgan fingerprint density at radius 1 is 1.38 bits per heavy atom. The Labute approximate surface area is 134 Å². The molecule has 0 spiro atoms. The van der Waals surface area contributed by atoms with Crippen molar-refractivity contribution in [2.75, 3.05) is 39.4 Å². The van der Waals surface area contributed by atoms with E-state index in [1.807, 2.05) is 11.0 Å². The third-order valence-corrected chi connectivity index (χ3v) is 5.74. The molecule has 3 rings (SSSR count). The molecule has 0 bridgehead atoms. The monoisotopic (exact) mass is 328 g/mol. The molecule has 6 heteroatoms. The van der Waals surface area contributed by atoms with Crippen molar-refractivity contribution < 1.29 is 9.53 Å². The standard InChI is InChI=1S/C15H21ClN2O2S/c1-2-11-9-18(15(19)13-3-4-14(16)21-13)10-12(11)17-5-7-20-8-6-17/h3-4,11-12H,2,5-10H2,1H3/t11-,12-/m1/s1. The molecule has 0 aromatic carbocycles. The number of hydrogen-bond donors (Lipinski definition) is 0. The Hall–Kier alpha value is -0.620. The quantitative estimate of drug-likeness (QED) is 0.855. The van der Waals surface area contributed by atoms with Crippen LogP contribution < -0.4 is 0 Å². The molecular weight excluding hydrogens is 308 g/mol. The first-order valence-corrected chi connectivity index (χ1v) is 8.75. The first kappa shape index (κ1) is 15.3. The highest BCUT2D eigenvalue weighted by atomic mass is 35.5. The zero-order valence-corrected chi connectivity index (χ0v) is 13.8. The number of carbonyl (C=O) groups is 1. The van der Waals surface area contributed by atoms with Gasteiger partial charge in [-0.1, -0.05) is 24.9 Å². The van der Waals surface area contributed by atoms with E-state index in [1.54, 1.807) is 6.07 Å². The van der Waals surface area contributed by atoms with Crippen molar-refractivity contribution in [3.05, 3.63) is 21.3 Å². The van der Waals surface area contributed by atoms with Gasteiger partial charge in [0.1, 0.15) is 0 Å². The molecule has 2 aliphatic heterocycles. The van der Waals surface area contributed by atoms with Crippen LogP contribution in [0.2, 0.25) is 4.34 Å². The molecule has 1 aromatic heterocycles. The van der Waals surface area contributed by atoms with Crippen LogP contribution in [0.15, 0.2) is 12.1 Å². The fraction of sp³-hybridized carbons (Fsp3) is 0.667. The molecule has 0 N–H and O–H groups in total. The average molecular weight is 329 g/mol. The van der Waals surface area contributed by atoms with Crippen molar-refractivity contribution in [3.63, 3.8) is 0 Å². The second-order valence-corrected chi connectivity index (χ2v) is 7.41. The van der Waals surface area contributed by atoms with Gasteiger partial charge in [-0.25, -0.2) is 0 Å². The first-order chi connectivity index (χ1) is 10.2. The van der Waals surface area contributed by atoms with Gasteiger partial charge in [0.05, 0.1) is 22.4 Å². The first-order valence-electron chi connectivity index (χ1n) is 7.55. The highest BCUT2D eigenvalue weighted by Crippen LogP contribution is 2.29. The summed E-state index contributed by atoms with van der Waals surface area (Å²) in [4.78, 5) is 17.8. The van der Waals surface area contributed by atoms with E-state index in [9.17, 15) is 4.79 Å². The Balaban J connectivity index is 1.69. The van der Waals surface area contributed by atoms with Gasteiger partial charge in [-0.2, -0.15) is 0 Å². The van der Waals surface area contributed by atoms with Crippen LogP contribution in [0.25, 0.3) is 0 Å². The predicted molar refractivity (Wildman–Crippen MR) is 85.2 cm³/mol. The molecule has 4 nitrogen and oxygen atoms in total. The highest BCUT2D eigenvalue weighted by Gasteiger charge is 2.38. The summed E-state index contributed by atoms with van der Waals surface area (Å²) < 4.78 is 6.11. The van der Waals surface area contributed by atoms with E-state index in [4.69, 9.17) is 16.3 Å². The van der Waals surface area contributed by atoms with E-state index >= 15 is 0 Å². The lowest BCUT2D eigenvalue weighted by Crippen LogP contribution is -2.47. The number of thiophene rings is 1. The van der Waals surface area contributed by atoms with Crippen LogP contribution in [0.3, 0.4) is 0 Å². The summed E-state index contributed by atoms with van der Waals surface area (Å²) in [5.74, 6) is 0.684. The number of ether oxygens (including phenoxy) is 1. The average Bonchev–Trinajstić information content (AvgIpc) is 3.13. The Kier molecular flexibility index (Phi) is 4.84. The van der Waals surface area contributed by atoms with Crippen molar-refractivity contribution >= 4 is 28.8 Å². The number of hydrogen-bond acceptors (Lipinski definition) is 4. The summed E-state index contributed by atoms with van der Waals surface area (Å²) in [6.45, 7) is 7.47. The van der Waals surface area contributed by atoms with Crippen LogP contribution in [-0.4, -0.2) is 61.1 Å². The number of halogens is 1. The van der Waals surface area contributed by atoms with Gasteiger partial charge in [0.25, 0.3) is 5.91 Å². The minimum Gasteiger partial charge on any atom is -0.379 e. The number of likely N-dealkylation sites (tertiary alicyclic amines) is 1. The molecular formula is C15H21ClN2O2S. The number of nitrogens with zero attached hydrogens (tertiary/aromatic N) is 2. The molecule has 1 amide bonds. The van der Waals surface area contributed by atoms with E-state index in [-0.39, 0.29) is 5.91 Å². The molecule has 2 aliphatic rings. The van der Waals surface area contributed by atoms with Crippen LogP contribution in [0.1, 0.15) is 23.0 Å². The molecule has 0 unspecified atom stereocenters. The summed E-state index contributed by atoms with van der Waals surface area (Å²) >= 11 is 7.31. The SMILES string of the molecule is CC[C@@H]1CN(C(=O)c2ccc(Cl)s2)C[C@H]1N1CCOCC1. The van der Waals surface area contributed by atoms with Gasteiger partial charge < -0.3 is 9.64 Å². The van der Waals surface area contributed by atoms with Gasteiger partial charge in [0.15, 0.2) is 0 Å². The summed E-state index contributed by atoms with van der Waals surface area (Å²) in [5, 5.41) is 0. The smallest absolute Gasteiger partial charge is 0.264 e. The second kappa shape index (κ2) is 6.65. The molecule has 0 aliphatic carbocycles. The minimum atomic E-state index is 0.126. The minimum absolute atomic E-state index is 0.126. The fourth-order valence-corrected chi connectivity index (χ4v) is 4.34. The topological polar surface area (TPSA) is 32.8 Å². The maximum Gasteiger partial charge on any atom is 0.264 e. The molecule has 3 heterocycles. The molecule has 1 aromatic rings. The number of carbonyl (C=O) groups excluding carboxylic acids is 1. The number of rotatable bonds is 3. The van der Waals surface area contributed by atoms with E-state index in [0.717, 1.165) is 50.7 Å². The second-order valence-electron chi connectivity index (χ2n) is 5.70. The van der Waals surface area contributed by atoms with Gasteiger partial charge in [-0.3, -0.25) is 9.69 Å². The van der Waals surface area contributed by atoms with Crippen molar-refractivity contribution in [3.8, 4) is 0 Å². The Bertz CT molecular complexity index is 502. The summed E-state index contributed by atoms with van der Waals surface area (Å²) in [5.41, 5.74) is 0. The van der Waals surface area contributed by atoms with Gasteiger partial charge in [-0.05, 0) is 18.1 Å². The van der Waals surface area contributed by atoms with Crippen LogP contribution in [0.4, 0.5) is 0 Å². The van der Waals surface area contributed by atoms with Crippen molar-refractivity contribution in [2.45, 2.75) is 19.4 Å². The fourth-order valence-electron chi connectivity index (χ4n) is 3.33. The van der Waals surface area contributed by atoms with E-state index in [0.29, 0.717) is 16.3 Å². The third-order valence-electron chi connectivity index (χ3n) is 4.52. The van der Waals surface area contributed by atoms with Gasteiger partial charge in [0.2, 0.25) is 0 Å². The van der Waals surface area contributed by atoms with Crippen LogP contribution in [0, 0.1) is 5.92 Å². The van der Waals surface area contributed by atoms with Crippen LogP contribution in [0.5, 0.6) is 0 Å². The molecule has 21 heavy (non-hydrogen) atoms. The molecule has 0 saturated carbocycles. The lowest BCUT2D eigenvalue weighted by atomic mass is 9.99. The van der Waals surface area contributed by atoms with E-state index < -0.39 is 0 Å². The highest BCUT2D eigenvalue weighted by molar-refractivity contribution is 7.17.